The average Bonchev–Trinajstić information content (AvgIpc) is 2.67. The number of nitro benzene ring substituents is 1. The Morgan fingerprint density at radius 2 is 1.80 bits per heavy atom. The second kappa shape index (κ2) is 7.35. The van der Waals surface area contributed by atoms with Crippen molar-refractivity contribution in [2.75, 3.05) is 0 Å². The fourth-order valence-corrected chi connectivity index (χ4v) is 2.30. The molecule has 0 saturated carbocycles. The highest BCUT2D eigenvalue weighted by atomic mass is 16.6. The topological polar surface area (TPSA) is 82.3 Å². The maximum Gasteiger partial charge on any atom is 0.311 e. The summed E-state index contributed by atoms with van der Waals surface area (Å²) < 4.78 is 5.56. The number of carbonyl (C=O) groups excluding carboxylic acids is 1. The van der Waals surface area contributed by atoms with Crippen LogP contribution in [0.4, 0.5) is 5.69 Å². The van der Waals surface area contributed by atoms with Crippen LogP contribution in [0.25, 0.3) is 0 Å². The molecular formula is C19H14N2O4. The fraction of sp³-hybridized carbons (Fsp3) is 0.0526. The lowest BCUT2D eigenvalue weighted by atomic mass is 10.1. The smallest absolute Gasteiger partial charge is 0.311 e. The molecule has 0 aliphatic rings. The number of nitrogens with zero attached hydrogens (tertiary/aromatic N) is 2. The van der Waals surface area contributed by atoms with Gasteiger partial charge in [-0.25, -0.2) is 0 Å². The standard InChI is InChI=1S/C19H14N2O4/c22-19(16-8-4-5-11-20-16)15-9-10-18(17(12-15)21(23)24)25-13-14-6-2-1-3-7-14/h1-12H,13H2. The zero-order valence-corrected chi connectivity index (χ0v) is 13.2. The van der Waals surface area contributed by atoms with Crippen LogP contribution in [0.3, 0.4) is 0 Å². The van der Waals surface area contributed by atoms with Gasteiger partial charge in [0, 0.05) is 17.8 Å². The third-order valence-corrected chi connectivity index (χ3v) is 3.55. The molecule has 2 aromatic carbocycles. The average molecular weight is 334 g/mol. The van der Waals surface area contributed by atoms with Gasteiger partial charge in [0.25, 0.3) is 0 Å². The summed E-state index contributed by atoms with van der Waals surface area (Å²) in [7, 11) is 0. The Bertz CT molecular complexity index is 896. The summed E-state index contributed by atoms with van der Waals surface area (Å²) in [6, 6.07) is 18.4. The van der Waals surface area contributed by atoms with Crippen molar-refractivity contribution in [2.24, 2.45) is 0 Å². The molecule has 6 nitrogen and oxygen atoms in total. The van der Waals surface area contributed by atoms with Gasteiger partial charge >= 0.3 is 5.69 Å². The van der Waals surface area contributed by atoms with Crippen LogP contribution in [0.1, 0.15) is 21.6 Å². The molecule has 0 aliphatic carbocycles. The third kappa shape index (κ3) is 3.87. The highest BCUT2D eigenvalue weighted by Crippen LogP contribution is 2.29. The Labute approximate surface area is 143 Å². The molecule has 0 unspecified atom stereocenters. The summed E-state index contributed by atoms with van der Waals surface area (Å²) in [5.74, 6) is -0.260. The Hall–Kier alpha value is -3.54. The normalized spacial score (nSPS) is 10.2. The molecule has 25 heavy (non-hydrogen) atoms. The molecule has 0 atom stereocenters. The fourth-order valence-electron chi connectivity index (χ4n) is 2.30. The number of benzene rings is 2. The van der Waals surface area contributed by atoms with Crippen molar-refractivity contribution >= 4 is 11.5 Å². The van der Waals surface area contributed by atoms with Crippen molar-refractivity contribution in [1.82, 2.24) is 4.98 Å². The van der Waals surface area contributed by atoms with Gasteiger partial charge < -0.3 is 4.74 Å². The molecular weight excluding hydrogens is 320 g/mol. The van der Waals surface area contributed by atoms with E-state index in [2.05, 4.69) is 4.98 Å². The van der Waals surface area contributed by atoms with E-state index in [0.717, 1.165) is 5.56 Å². The van der Waals surface area contributed by atoms with Gasteiger partial charge in [0.05, 0.1) is 4.92 Å². The number of aromatic nitrogens is 1. The van der Waals surface area contributed by atoms with Crippen LogP contribution in [0.15, 0.2) is 72.9 Å². The van der Waals surface area contributed by atoms with Crippen molar-refractivity contribution in [1.29, 1.82) is 0 Å². The van der Waals surface area contributed by atoms with Crippen molar-refractivity contribution in [3.05, 3.63) is 99.9 Å². The molecule has 0 bridgehead atoms. The van der Waals surface area contributed by atoms with E-state index in [-0.39, 0.29) is 35.1 Å². The van der Waals surface area contributed by atoms with Gasteiger partial charge in [0.2, 0.25) is 5.78 Å². The quantitative estimate of drug-likeness (QED) is 0.389. The molecule has 0 aliphatic heterocycles. The van der Waals surface area contributed by atoms with Crippen LogP contribution in [-0.4, -0.2) is 15.7 Å². The molecule has 1 aromatic heterocycles. The van der Waals surface area contributed by atoms with Crippen LogP contribution in [-0.2, 0) is 6.61 Å². The molecule has 1 heterocycles. The number of rotatable bonds is 6. The van der Waals surface area contributed by atoms with Crippen molar-refractivity contribution < 1.29 is 14.5 Å². The van der Waals surface area contributed by atoms with Crippen LogP contribution >= 0.6 is 0 Å². The first-order valence-electron chi connectivity index (χ1n) is 7.56. The minimum atomic E-state index is -0.560. The Morgan fingerprint density at radius 1 is 1.04 bits per heavy atom. The molecule has 0 spiro atoms. The molecule has 124 valence electrons. The molecule has 0 fully saturated rings. The monoisotopic (exact) mass is 334 g/mol. The van der Waals surface area contributed by atoms with E-state index in [1.54, 1.807) is 18.2 Å². The highest BCUT2D eigenvalue weighted by molar-refractivity contribution is 6.08. The van der Waals surface area contributed by atoms with Crippen LogP contribution in [0.5, 0.6) is 5.75 Å². The summed E-state index contributed by atoms with van der Waals surface area (Å²) in [6.07, 6.45) is 1.50. The summed E-state index contributed by atoms with van der Waals surface area (Å²) in [4.78, 5) is 27.1. The van der Waals surface area contributed by atoms with Crippen molar-refractivity contribution in [3.63, 3.8) is 0 Å². The van der Waals surface area contributed by atoms with Gasteiger partial charge in [0.15, 0.2) is 5.75 Å². The zero-order valence-electron chi connectivity index (χ0n) is 13.2. The number of carbonyl (C=O) groups is 1. The number of pyridine rings is 1. The predicted octanol–water partition coefficient (Wildman–Crippen LogP) is 3.80. The third-order valence-electron chi connectivity index (χ3n) is 3.55. The van der Waals surface area contributed by atoms with E-state index in [9.17, 15) is 14.9 Å². The van der Waals surface area contributed by atoms with Crippen molar-refractivity contribution in [3.8, 4) is 5.75 Å². The van der Waals surface area contributed by atoms with E-state index in [4.69, 9.17) is 4.74 Å². The predicted molar refractivity (Wildman–Crippen MR) is 91.5 cm³/mol. The van der Waals surface area contributed by atoms with E-state index < -0.39 is 4.92 Å². The molecule has 3 rings (SSSR count). The molecule has 0 amide bonds. The Morgan fingerprint density at radius 3 is 2.48 bits per heavy atom. The zero-order chi connectivity index (χ0) is 17.6. The summed E-state index contributed by atoms with van der Waals surface area (Å²) in [5.41, 5.74) is 1.07. The SMILES string of the molecule is O=C(c1ccc(OCc2ccccc2)c([N+](=O)[O-])c1)c1ccccn1. The second-order valence-corrected chi connectivity index (χ2v) is 5.26. The van der Waals surface area contributed by atoms with E-state index in [0.29, 0.717) is 0 Å². The van der Waals surface area contributed by atoms with Crippen LogP contribution < -0.4 is 4.74 Å². The van der Waals surface area contributed by atoms with E-state index in [1.165, 1.54) is 24.4 Å². The molecule has 3 aromatic rings. The summed E-state index contributed by atoms with van der Waals surface area (Å²) in [5, 5.41) is 11.3. The van der Waals surface area contributed by atoms with Gasteiger partial charge in [-0.15, -0.1) is 0 Å². The molecule has 6 heteroatoms. The van der Waals surface area contributed by atoms with Gasteiger partial charge in [-0.1, -0.05) is 36.4 Å². The first-order chi connectivity index (χ1) is 12.1. The van der Waals surface area contributed by atoms with E-state index >= 15 is 0 Å². The number of nitro groups is 1. The number of hydrogen-bond acceptors (Lipinski definition) is 5. The number of ether oxygens (including phenoxy) is 1. The van der Waals surface area contributed by atoms with E-state index in [1.807, 2.05) is 30.3 Å². The molecule has 0 saturated heterocycles. The number of ketones is 1. The summed E-state index contributed by atoms with van der Waals surface area (Å²) in [6.45, 7) is 0.204. The Kier molecular flexibility index (Phi) is 4.80. The van der Waals surface area contributed by atoms with Crippen LogP contribution in [0, 0.1) is 10.1 Å². The first kappa shape index (κ1) is 16.3. The largest absolute Gasteiger partial charge is 0.482 e. The summed E-state index contributed by atoms with van der Waals surface area (Å²) >= 11 is 0. The highest BCUT2D eigenvalue weighted by Gasteiger charge is 2.20. The van der Waals surface area contributed by atoms with Gasteiger partial charge in [0.1, 0.15) is 12.3 Å². The second-order valence-electron chi connectivity index (χ2n) is 5.26. The lowest BCUT2D eigenvalue weighted by molar-refractivity contribution is -0.386. The lowest BCUT2D eigenvalue weighted by Gasteiger charge is -2.08. The maximum atomic E-state index is 12.4. The van der Waals surface area contributed by atoms with Gasteiger partial charge in [-0.3, -0.25) is 19.9 Å². The van der Waals surface area contributed by atoms with Gasteiger partial charge in [-0.05, 0) is 29.8 Å². The first-order valence-corrected chi connectivity index (χ1v) is 7.56. The number of hydrogen-bond donors (Lipinski definition) is 0. The minimum Gasteiger partial charge on any atom is -0.482 e. The molecule has 0 radical (unpaired) electrons. The Balaban J connectivity index is 1.86. The lowest BCUT2D eigenvalue weighted by Crippen LogP contribution is -2.05. The van der Waals surface area contributed by atoms with Crippen LogP contribution in [0.2, 0.25) is 0 Å². The molecule has 0 N–H and O–H groups in total. The maximum absolute atomic E-state index is 12.4. The van der Waals surface area contributed by atoms with Gasteiger partial charge in [-0.2, -0.15) is 0 Å². The minimum absolute atomic E-state index is 0.117. The van der Waals surface area contributed by atoms with Crippen molar-refractivity contribution in [2.45, 2.75) is 6.61 Å².